The predicted molar refractivity (Wildman–Crippen MR) is 127 cm³/mol. The highest BCUT2D eigenvalue weighted by atomic mass is 35.5. The largest absolute Gasteiger partial charge is 0.493 e. The Morgan fingerprint density at radius 1 is 1.12 bits per heavy atom. The molecule has 0 spiro atoms. The predicted octanol–water partition coefficient (Wildman–Crippen LogP) is 5.83. The molecule has 0 saturated heterocycles. The van der Waals surface area contributed by atoms with E-state index in [9.17, 15) is 4.79 Å². The zero-order valence-corrected chi connectivity index (χ0v) is 20.2. The van der Waals surface area contributed by atoms with Crippen molar-refractivity contribution in [2.24, 2.45) is 0 Å². The van der Waals surface area contributed by atoms with E-state index in [0.29, 0.717) is 34.4 Å². The second-order valence-electron chi connectivity index (χ2n) is 7.21. The van der Waals surface area contributed by atoms with Crippen LogP contribution in [0.25, 0.3) is 0 Å². The third kappa shape index (κ3) is 5.72. The van der Waals surface area contributed by atoms with Gasteiger partial charge in [-0.15, -0.1) is 11.3 Å². The number of aromatic nitrogens is 1. The van der Waals surface area contributed by atoms with Crippen LogP contribution in [0.3, 0.4) is 0 Å². The fourth-order valence-electron chi connectivity index (χ4n) is 3.16. The monoisotopic (exact) mass is 474 g/mol. The molecular formula is C24H27ClN2O4S. The molecule has 2 aromatic carbocycles. The van der Waals surface area contributed by atoms with E-state index in [-0.39, 0.29) is 18.6 Å². The van der Waals surface area contributed by atoms with Crippen molar-refractivity contribution >= 4 is 28.8 Å². The number of nitrogens with zero attached hydrogens (tertiary/aromatic N) is 2. The number of carbonyl (C=O) groups excluding carboxylic acids is 1. The lowest BCUT2D eigenvalue weighted by Gasteiger charge is -2.28. The molecule has 1 amide bonds. The number of hydrogen-bond acceptors (Lipinski definition) is 6. The second-order valence-corrected chi connectivity index (χ2v) is 8.59. The lowest BCUT2D eigenvalue weighted by molar-refractivity contribution is 0.0669. The highest BCUT2D eigenvalue weighted by Crippen LogP contribution is 2.37. The van der Waals surface area contributed by atoms with Gasteiger partial charge in [-0.1, -0.05) is 24.6 Å². The van der Waals surface area contributed by atoms with Crippen LogP contribution < -0.4 is 14.2 Å². The van der Waals surface area contributed by atoms with E-state index in [2.05, 4.69) is 11.9 Å². The van der Waals surface area contributed by atoms with E-state index in [0.717, 1.165) is 17.1 Å². The Balaban J connectivity index is 1.72. The van der Waals surface area contributed by atoms with Crippen LogP contribution in [-0.2, 0) is 13.2 Å². The van der Waals surface area contributed by atoms with Crippen LogP contribution in [0.4, 0.5) is 0 Å². The molecule has 0 unspecified atom stereocenters. The SMILES string of the molecule is CC[C@@H](C)N(Cc1csc(COc2c(OC)cccc2OC)n1)C(=O)c1ccc(Cl)cc1. The van der Waals surface area contributed by atoms with Gasteiger partial charge >= 0.3 is 0 Å². The van der Waals surface area contributed by atoms with Crippen LogP contribution in [0.5, 0.6) is 17.2 Å². The smallest absolute Gasteiger partial charge is 0.254 e. The summed E-state index contributed by atoms with van der Waals surface area (Å²) in [5.74, 6) is 1.68. The van der Waals surface area contributed by atoms with Crippen molar-refractivity contribution in [1.82, 2.24) is 9.88 Å². The Kier molecular flexibility index (Phi) is 8.36. The lowest BCUT2D eigenvalue weighted by atomic mass is 10.1. The van der Waals surface area contributed by atoms with Crippen molar-refractivity contribution in [2.45, 2.75) is 39.5 Å². The van der Waals surface area contributed by atoms with Gasteiger partial charge < -0.3 is 19.1 Å². The van der Waals surface area contributed by atoms with E-state index in [1.54, 1.807) is 38.5 Å². The molecule has 1 heterocycles. The molecule has 3 aromatic rings. The van der Waals surface area contributed by atoms with Crippen LogP contribution in [0.15, 0.2) is 47.8 Å². The van der Waals surface area contributed by atoms with Gasteiger partial charge in [-0.05, 0) is 49.7 Å². The summed E-state index contributed by atoms with van der Waals surface area (Å²) < 4.78 is 16.7. The fourth-order valence-corrected chi connectivity index (χ4v) is 3.98. The molecule has 0 radical (unpaired) electrons. The van der Waals surface area contributed by atoms with Crippen LogP contribution in [0.2, 0.25) is 5.02 Å². The number of rotatable bonds is 10. The molecule has 1 atom stereocenters. The number of carbonyl (C=O) groups is 1. The van der Waals surface area contributed by atoms with E-state index in [4.69, 9.17) is 25.8 Å². The van der Waals surface area contributed by atoms with Crippen molar-refractivity contribution in [3.05, 3.63) is 69.1 Å². The molecular weight excluding hydrogens is 448 g/mol. The molecule has 0 aliphatic rings. The van der Waals surface area contributed by atoms with Gasteiger partial charge in [-0.3, -0.25) is 4.79 Å². The maximum Gasteiger partial charge on any atom is 0.254 e. The molecule has 6 nitrogen and oxygen atoms in total. The molecule has 0 saturated carbocycles. The van der Waals surface area contributed by atoms with E-state index < -0.39 is 0 Å². The molecule has 0 aliphatic carbocycles. The standard InChI is InChI=1S/C24H27ClN2O4S/c1-5-16(2)27(24(28)17-9-11-18(25)12-10-17)13-19-15-32-22(26-19)14-31-23-20(29-3)7-6-8-21(23)30-4/h6-12,15-16H,5,13-14H2,1-4H3/t16-/m1/s1. The number of thiazole rings is 1. The zero-order valence-electron chi connectivity index (χ0n) is 18.6. The van der Waals surface area contributed by atoms with Crippen molar-refractivity contribution in [2.75, 3.05) is 14.2 Å². The number of halogens is 1. The van der Waals surface area contributed by atoms with Gasteiger partial charge in [-0.2, -0.15) is 0 Å². The first kappa shape index (κ1) is 23.9. The van der Waals surface area contributed by atoms with E-state index in [1.165, 1.54) is 11.3 Å². The molecule has 0 aliphatic heterocycles. The fraction of sp³-hybridized carbons (Fsp3) is 0.333. The Hall–Kier alpha value is -2.77. The van der Waals surface area contributed by atoms with E-state index >= 15 is 0 Å². The lowest BCUT2D eigenvalue weighted by Crippen LogP contribution is -2.37. The minimum absolute atomic E-state index is 0.0411. The first-order valence-corrected chi connectivity index (χ1v) is 11.6. The van der Waals surface area contributed by atoms with E-state index in [1.807, 2.05) is 35.4 Å². The second kappa shape index (κ2) is 11.2. The molecule has 0 N–H and O–H groups in total. The Morgan fingerprint density at radius 3 is 2.38 bits per heavy atom. The van der Waals surface area contributed by atoms with Gasteiger partial charge in [0.15, 0.2) is 11.5 Å². The molecule has 1 aromatic heterocycles. The van der Waals surface area contributed by atoms with Gasteiger partial charge in [-0.25, -0.2) is 4.98 Å². The van der Waals surface area contributed by atoms with Crippen molar-refractivity contribution < 1.29 is 19.0 Å². The van der Waals surface area contributed by atoms with Gasteiger partial charge in [0, 0.05) is 22.0 Å². The first-order valence-electron chi connectivity index (χ1n) is 10.3. The Labute approximate surface area is 197 Å². The zero-order chi connectivity index (χ0) is 23.1. The number of ether oxygens (including phenoxy) is 3. The van der Waals surface area contributed by atoms with Crippen LogP contribution >= 0.6 is 22.9 Å². The number of amides is 1. The quantitative estimate of drug-likeness (QED) is 0.369. The molecule has 32 heavy (non-hydrogen) atoms. The molecule has 0 bridgehead atoms. The van der Waals surface area contributed by atoms with Gasteiger partial charge in [0.05, 0.1) is 26.5 Å². The van der Waals surface area contributed by atoms with Crippen molar-refractivity contribution in [3.63, 3.8) is 0 Å². The number of para-hydroxylation sites is 1. The molecule has 0 fully saturated rings. The maximum atomic E-state index is 13.1. The average molecular weight is 475 g/mol. The summed E-state index contributed by atoms with van der Waals surface area (Å²) in [6.45, 7) is 4.80. The summed E-state index contributed by atoms with van der Waals surface area (Å²) >= 11 is 7.46. The Bertz CT molecular complexity index is 1020. The first-order chi connectivity index (χ1) is 15.5. The molecule has 170 valence electrons. The third-order valence-electron chi connectivity index (χ3n) is 5.13. The highest BCUT2D eigenvalue weighted by Gasteiger charge is 2.22. The summed E-state index contributed by atoms with van der Waals surface area (Å²) in [6, 6.07) is 12.5. The van der Waals surface area contributed by atoms with Crippen molar-refractivity contribution in [1.29, 1.82) is 0 Å². The molecule has 3 rings (SSSR count). The minimum atomic E-state index is -0.0411. The topological polar surface area (TPSA) is 60.9 Å². The van der Waals surface area contributed by atoms with Gasteiger partial charge in [0.1, 0.15) is 11.6 Å². The Morgan fingerprint density at radius 2 is 1.78 bits per heavy atom. The van der Waals surface area contributed by atoms with Crippen LogP contribution in [0.1, 0.15) is 41.3 Å². The maximum absolute atomic E-state index is 13.1. The third-order valence-corrected chi connectivity index (χ3v) is 6.25. The summed E-state index contributed by atoms with van der Waals surface area (Å²) in [7, 11) is 3.18. The minimum Gasteiger partial charge on any atom is -0.493 e. The summed E-state index contributed by atoms with van der Waals surface area (Å²) in [5.41, 5.74) is 1.43. The summed E-state index contributed by atoms with van der Waals surface area (Å²) in [5, 5.41) is 3.37. The summed E-state index contributed by atoms with van der Waals surface area (Å²) in [4.78, 5) is 19.6. The normalized spacial score (nSPS) is 11.7. The summed E-state index contributed by atoms with van der Waals surface area (Å²) in [6.07, 6.45) is 0.840. The molecule has 8 heteroatoms. The average Bonchev–Trinajstić information content (AvgIpc) is 3.27. The van der Waals surface area contributed by atoms with Crippen LogP contribution in [0, 0.1) is 0 Å². The van der Waals surface area contributed by atoms with Crippen LogP contribution in [-0.4, -0.2) is 36.1 Å². The van der Waals surface area contributed by atoms with Gasteiger partial charge in [0.25, 0.3) is 5.91 Å². The number of hydrogen-bond donors (Lipinski definition) is 0. The van der Waals surface area contributed by atoms with Crippen molar-refractivity contribution in [3.8, 4) is 17.2 Å². The highest BCUT2D eigenvalue weighted by molar-refractivity contribution is 7.09. The number of methoxy groups -OCH3 is 2. The van der Waals surface area contributed by atoms with Gasteiger partial charge in [0.2, 0.25) is 5.75 Å². The number of benzene rings is 2.